The number of nitrogens with zero attached hydrogens (tertiary/aromatic N) is 3. The number of benzene rings is 9. The fraction of sp³-hybridized carbons (Fsp3) is 0. The van der Waals surface area contributed by atoms with Gasteiger partial charge < -0.3 is 4.57 Å². The van der Waals surface area contributed by atoms with Gasteiger partial charge in [-0.2, -0.15) is 0 Å². The van der Waals surface area contributed by atoms with Gasteiger partial charge in [0.25, 0.3) is 0 Å². The molecule has 0 bridgehead atoms. The summed E-state index contributed by atoms with van der Waals surface area (Å²) < 4.78 is 2.39. The largest absolute Gasteiger partial charge is 0.309 e. The summed E-state index contributed by atoms with van der Waals surface area (Å²) in [7, 11) is 0. The van der Waals surface area contributed by atoms with Crippen LogP contribution in [0.4, 0.5) is 0 Å². The van der Waals surface area contributed by atoms with Crippen LogP contribution in [0.15, 0.2) is 261 Å². The number of hydrogen-bond donors (Lipinski definition) is 0. The lowest BCUT2D eigenvalue weighted by atomic mass is 9.95. The van der Waals surface area contributed by atoms with Gasteiger partial charge >= 0.3 is 0 Å². The first-order chi connectivity index (χ1) is 33.2. The zero-order valence-electron chi connectivity index (χ0n) is 36.7. The number of fused-ring (bicyclic) bond motifs is 3. The third-order valence-corrected chi connectivity index (χ3v) is 12.8. The molecule has 12 rings (SSSR count). The van der Waals surface area contributed by atoms with Gasteiger partial charge in [0.15, 0.2) is 0 Å². The summed E-state index contributed by atoms with van der Waals surface area (Å²) in [5.74, 6) is 0. The average molecular weight is 854 g/mol. The molecule has 3 heteroatoms. The normalized spacial score (nSPS) is 11.3. The minimum absolute atomic E-state index is 0.940. The highest BCUT2D eigenvalue weighted by Gasteiger charge is 2.17. The van der Waals surface area contributed by atoms with Crippen molar-refractivity contribution >= 4 is 21.8 Å². The number of aromatic nitrogens is 3. The van der Waals surface area contributed by atoms with E-state index in [1.165, 1.54) is 10.8 Å². The van der Waals surface area contributed by atoms with Gasteiger partial charge in [0.05, 0.1) is 33.8 Å². The van der Waals surface area contributed by atoms with E-state index in [0.717, 1.165) is 106 Å². The van der Waals surface area contributed by atoms with Crippen molar-refractivity contribution < 1.29 is 0 Å². The minimum atomic E-state index is 0.940. The van der Waals surface area contributed by atoms with Crippen LogP contribution in [0, 0.1) is 0 Å². The molecule has 0 unspecified atom stereocenters. The number of hydrogen-bond acceptors (Lipinski definition) is 2. The van der Waals surface area contributed by atoms with Gasteiger partial charge in [0, 0.05) is 38.7 Å². The van der Waals surface area contributed by atoms with E-state index in [1.807, 2.05) is 18.2 Å². The first-order valence-corrected chi connectivity index (χ1v) is 22.8. The lowest BCUT2D eigenvalue weighted by Crippen LogP contribution is -1.93. The Balaban J connectivity index is 0.972. The monoisotopic (exact) mass is 853 g/mol. The first kappa shape index (κ1) is 39.7. The van der Waals surface area contributed by atoms with E-state index in [1.54, 1.807) is 0 Å². The fourth-order valence-corrected chi connectivity index (χ4v) is 9.42. The maximum Gasteiger partial charge on any atom is 0.0715 e. The third-order valence-electron chi connectivity index (χ3n) is 12.8. The second-order valence-corrected chi connectivity index (χ2v) is 17.0. The molecule has 0 aliphatic heterocycles. The van der Waals surface area contributed by atoms with E-state index < -0.39 is 0 Å². The molecule has 0 radical (unpaired) electrons. The fourth-order valence-electron chi connectivity index (χ4n) is 9.42. The molecule has 9 aromatic carbocycles. The highest BCUT2D eigenvalue weighted by atomic mass is 15.0. The molecule has 3 heterocycles. The molecule has 67 heavy (non-hydrogen) atoms. The van der Waals surface area contributed by atoms with Crippen LogP contribution in [-0.4, -0.2) is 14.5 Å². The van der Waals surface area contributed by atoms with Crippen molar-refractivity contribution in [3.63, 3.8) is 0 Å². The van der Waals surface area contributed by atoms with Gasteiger partial charge in [-0.3, -0.25) is 0 Å². The molecule has 0 fully saturated rings. The highest BCUT2D eigenvalue weighted by molar-refractivity contribution is 6.11. The van der Waals surface area contributed by atoms with Gasteiger partial charge in [0.2, 0.25) is 0 Å². The van der Waals surface area contributed by atoms with Crippen LogP contribution >= 0.6 is 0 Å². The molecular formula is C64H43N3. The summed E-state index contributed by atoms with van der Waals surface area (Å²) >= 11 is 0. The van der Waals surface area contributed by atoms with E-state index >= 15 is 0 Å². The van der Waals surface area contributed by atoms with E-state index in [2.05, 4.69) is 247 Å². The zero-order valence-corrected chi connectivity index (χ0v) is 36.7. The molecule has 0 N–H and O–H groups in total. The Labute approximate surface area is 390 Å². The molecule has 0 amide bonds. The number of pyridine rings is 2. The van der Waals surface area contributed by atoms with Crippen molar-refractivity contribution in [2.24, 2.45) is 0 Å². The zero-order chi connectivity index (χ0) is 44.5. The average Bonchev–Trinajstić information content (AvgIpc) is 3.75. The topological polar surface area (TPSA) is 30.7 Å². The Hall–Kier alpha value is -8.92. The standard InChI is InChI=1S/C64H43N3/c1-6-18-44(19-7-1)54-40-59(45-20-8-2-9-21-45)66-62(41-54)53-29-17-27-49(37-53)52-33-35-64-58(39-52)57-38-51(32-34-63(57)67(64)56-30-14-5-15-31-56)48-26-16-28-50(36-48)55-42-60(46-22-10-3-11-23-46)65-61(43-55)47-24-12-4-13-25-47/h1-43H. The van der Waals surface area contributed by atoms with Crippen molar-refractivity contribution in [3.05, 3.63) is 261 Å². The Bertz CT molecular complexity index is 3370. The predicted octanol–water partition coefficient (Wildman–Crippen LogP) is 16.9. The molecule has 0 saturated carbocycles. The quantitative estimate of drug-likeness (QED) is 0.145. The highest BCUT2D eigenvalue weighted by Crippen LogP contribution is 2.40. The molecule has 0 saturated heterocycles. The maximum absolute atomic E-state index is 5.26. The van der Waals surface area contributed by atoms with Crippen LogP contribution in [0.2, 0.25) is 0 Å². The lowest BCUT2D eigenvalue weighted by Gasteiger charge is -2.12. The smallest absolute Gasteiger partial charge is 0.0715 e. The van der Waals surface area contributed by atoms with Crippen molar-refractivity contribution in [2.45, 2.75) is 0 Å². The molecule has 0 spiro atoms. The van der Waals surface area contributed by atoms with Crippen molar-refractivity contribution in [1.29, 1.82) is 0 Å². The molecule has 314 valence electrons. The van der Waals surface area contributed by atoms with Gasteiger partial charge in [-0.1, -0.05) is 188 Å². The molecule has 0 aliphatic rings. The van der Waals surface area contributed by atoms with Crippen molar-refractivity contribution in [2.75, 3.05) is 0 Å². The van der Waals surface area contributed by atoms with Gasteiger partial charge in [0.1, 0.15) is 0 Å². The summed E-state index contributed by atoms with van der Waals surface area (Å²) in [5.41, 5.74) is 20.8. The molecule has 3 aromatic heterocycles. The van der Waals surface area contributed by atoms with Crippen LogP contribution < -0.4 is 0 Å². The lowest BCUT2D eigenvalue weighted by molar-refractivity contribution is 1.18. The summed E-state index contributed by atoms with van der Waals surface area (Å²) in [6.07, 6.45) is 0. The molecule has 0 aliphatic carbocycles. The van der Waals surface area contributed by atoms with Gasteiger partial charge in [-0.05, 0) is 117 Å². The first-order valence-electron chi connectivity index (χ1n) is 22.8. The van der Waals surface area contributed by atoms with E-state index in [-0.39, 0.29) is 0 Å². The van der Waals surface area contributed by atoms with Gasteiger partial charge in [-0.15, -0.1) is 0 Å². The summed E-state index contributed by atoms with van der Waals surface area (Å²) in [6.45, 7) is 0. The molecular weight excluding hydrogens is 811 g/mol. The van der Waals surface area contributed by atoms with Crippen LogP contribution in [0.25, 0.3) is 117 Å². The van der Waals surface area contributed by atoms with Gasteiger partial charge in [-0.25, -0.2) is 9.97 Å². The molecule has 0 atom stereocenters. The van der Waals surface area contributed by atoms with Crippen LogP contribution in [-0.2, 0) is 0 Å². The summed E-state index contributed by atoms with van der Waals surface area (Å²) in [4.78, 5) is 10.4. The van der Waals surface area contributed by atoms with E-state index in [9.17, 15) is 0 Å². The van der Waals surface area contributed by atoms with Crippen molar-refractivity contribution in [1.82, 2.24) is 14.5 Å². The summed E-state index contributed by atoms with van der Waals surface area (Å²) in [6, 6.07) is 93.0. The van der Waals surface area contributed by atoms with E-state index in [0.29, 0.717) is 0 Å². The van der Waals surface area contributed by atoms with Crippen LogP contribution in [0.5, 0.6) is 0 Å². The SMILES string of the molecule is c1ccc(-c2cc(-c3ccccc3)nc(-c3cccc(-c4ccc5c(c4)c4cc(-c6cccc(-c7cc(-c8ccccc8)nc(-c8ccccc8)c7)c6)ccc4n5-c4ccccc4)c3)c2)cc1. The minimum Gasteiger partial charge on any atom is -0.309 e. The van der Waals surface area contributed by atoms with Crippen LogP contribution in [0.3, 0.4) is 0 Å². The number of rotatable bonds is 9. The molecule has 12 aromatic rings. The van der Waals surface area contributed by atoms with E-state index in [4.69, 9.17) is 9.97 Å². The number of para-hydroxylation sites is 1. The van der Waals surface area contributed by atoms with Crippen LogP contribution in [0.1, 0.15) is 0 Å². The third kappa shape index (κ3) is 7.79. The Morgan fingerprint density at radius 2 is 0.522 bits per heavy atom. The maximum atomic E-state index is 5.26. The summed E-state index contributed by atoms with van der Waals surface area (Å²) in [5, 5.41) is 2.40. The second kappa shape index (κ2) is 17.2. The Kier molecular flexibility index (Phi) is 10.2. The Morgan fingerprint density at radius 3 is 0.970 bits per heavy atom. The van der Waals surface area contributed by atoms with Crippen molar-refractivity contribution in [3.8, 4) is 95.2 Å². The predicted molar refractivity (Wildman–Crippen MR) is 280 cm³/mol. The second-order valence-electron chi connectivity index (χ2n) is 17.0. The molecule has 3 nitrogen and oxygen atoms in total. The Morgan fingerprint density at radius 1 is 0.209 bits per heavy atom.